The quantitative estimate of drug-likeness (QED) is 0.525. The topological polar surface area (TPSA) is 44.2 Å². The molecular weight excluding hydrogens is 308 g/mol. The van der Waals surface area contributed by atoms with E-state index in [2.05, 4.69) is 9.97 Å². The van der Waals surface area contributed by atoms with Gasteiger partial charge in [0.1, 0.15) is 16.3 Å². The molecule has 2 heterocycles. The summed E-state index contributed by atoms with van der Waals surface area (Å²) in [5.74, 6) is 1.47. The Morgan fingerprint density at radius 1 is 1.14 bits per heavy atom. The molecule has 0 bridgehead atoms. The molecular formula is C15H11ClN2O2S. The van der Waals surface area contributed by atoms with Gasteiger partial charge in [-0.25, -0.2) is 9.97 Å². The summed E-state index contributed by atoms with van der Waals surface area (Å²) in [7, 11) is 3.29. The van der Waals surface area contributed by atoms with Crippen LogP contribution in [0.25, 0.3) is 21.3 Å². The second-order valence-corrected chi connectivity index (χ2v) is 6.23. The first kappa shape index (κ1) is 12.9. The fourth-order valence-electron chi connectivity index (χ4n) is 2.83. The van der Waals surface area contributed by atoms with Crippen LogP contribution in [0.3, 0.4) is 0 Å². The van der Waals surface area contributed by atoms with Crippen molar-refractivity contribution in [1.29, 1.82) is 0 Å². The summed E-state index contributed by atoms with van der Waals surface area (Å²) >= 11 is 7.95. The van der Waals surface area contributed by atoms with E-state index in [1.807, 2.05) is 12.1 Å². The van der Waals surface area contributed by atoms with Crippen molar-refractivity contribution in [2.24, 2.45) is 0 Å². The van der Waals surface area contributed by atoms with Gasteiger partial charge >= 0.3 is 0 Å². The van der Waals surface area contributed by atoms with Gasteiger partial charge in [0.25, 0.3) is 0 Å². The molecule has 0 saturated carbocycles. The maximum absolute atomic E-state index is 6.28. The number of aromatic nitrogens is 2. The van der Waals surface area contributed by atoms with Gasteiger partial charge in [0.05, 0.1) is 19.6 Å². The molecule has 4 nitrogen and oxygen atoms in total. The van der Waals surface area contributed by atoms with E-state index < -0.39 is 0 Å². The molecule has 6 heteroatoms. The highest BCUT2D eigenvalue weighted by atomic mass is 35.5. The third kappa shape index (κ3) is 1.74. The smallest absolute Gasteiger partial charge is 0.161 e. The Balaban J connectivity index is 2.04. The summed E-state index contributed by atoms with van der Waals surface area (Å²) in [6.07, 6.45) is 2.37. The summed E-state index contributed by atoms with van der Waals surface area (Å²) < 4.78 is 10.8. The summed E-state index contributed by atoms with van der Waals surface area (Å²) in [5, 5.41) is 1.44. The van der Waals surface area contributed by atoms with E-state index in [0.717, 1.165) is 39.3 Å². The molecule has 106 valence electrons. The monoisotopic (exact) mass is 318 g/mol. The largest absolute Gasteiger partial charge is 0.493 e. The molecule has 3 aromatic rings. The molecule has 0 saturated heterocycles. The average molecular weight is 319 g/mol. The Bertz CT molecular complexity index is 876. The summed E-state index contributed by atoms with van der Waals surface area (Å²) in [6.45, 7) is 0. The van der Waals surface area contributed by atoms with Gasteiger partial charge < -0.3 is 9.47 Å². The van der Waals surface area contributed by atoms with E-state index in [4.69, 9.17) is 21.1 Å². The van der Waals surface area contributed by atoms with E-state index >= 15 is 0 Å². The van der Waals surface area contributed by atoms with Gasteiger partial charge in [-0.3, -0.25) is 0 Å². The van der Waals surface area contributed by atoms with E-state index in [0.29, 0.717) is 5.15 Å². The van der Waals surface area contributed by atoms with Crippen molar-refractivity contribution in [1.82, 2.24) is 9.97 Å². The Kier molecular flexibility index (Phi) is 2.80. The van der Waals surface area contributed by atoms with Crippen molar-refractivity contribution in [3.05, 3.63) is 34.1 Å². The summed E-state index contributed by atoms with van der Waals surface area (Å²) in [5.41, 5.74) is 3.48. The zero-order valence-corrected chi connectivity index (χ0v) is 13.0. The first-order valence-corrected chi connectivity index (χ1v) is 7.59. The molecule has 1 aliphatic carbocycles. The summed E-state index contributed by atoms with van der Waals surface area (Å²) in [6, 6.07) is 4.04. The minimum atomic E-state index is 0.500. The molecule has 0 amide bonds. The van der Waals surface area contributed by atoms with Crippen molar-refractivity contribution in [2.45, 2.75) is 6.42 Å². The number of thiophene rings is 1. The molecule has 0 aliphatic heterocycles. The van der Waals surface area contributed by atoms with Crippen LogP contribution >= 0.6 is 22.9 Å². The standard InChI is InChI=1S/C15H11ClN2O2S/c1-19-9-3-7-4-11-12(8(7)5-10(9)20-2)13-14(16)17-6-18-15(13)21-11/h3,5-6H,4H2,1-2H3. The molecule has 0 radical (unpaired) electrons. The third-order valence-electron chi connectivity index (χ3n) is 3.74. The zero-order valence-electron chi connectivity index (χ0n) is 11.4. The molecule has 0 unspecified atom stereocenters. The van der Waals surface area contributed by atoms with Crippen molar-refractivity contribution in [3.63, 3.8) is 0 Å². The van der Waals surface area contributed by atoms with Crippen LogP contribution in [0.5, 0.6) is 11.5 Å². The van der Waals surface area contributed by atoms with Crippen molar-refractivity contribution in [3.8, 4) is 22.6 Å². The van der Waals surface area contributed by atoms with Gasteiger partial charge in [0, 0.05) is 16.9 Å². The minimum absolute atomic E-state index is 0.500. The van der Waals surface area contributed by atoms with Gasteiger partial charge in [-0.15, -0.1) is 11.3 Å². The molecule has 1 aromatic carbocycles. The van der Waals surface area contributed by atoms with E-state index in [-0.39, 0.29) is 0 Å². The molecule has 0 spiro atoms. The number of fused-ring (bicyclic) bond motifs is 5. The molecule has 0 fully saturated rings. The van der Waals surface area contributed by atoms with Crippen LogP contribution in [-0.4, -0.2) is 24.2 Å². The SMILES string of the molecule is COc1cc2c(cc1OC)-c1c(sc3ncnc(Cl)c13)C2. The van der Waals surface area contributed by atoms with Crippen LogP contribution in [0, 0.1) is 0 Å². The fraction of sp³-hybridized carbons (Fsp3) is 0.200. The van der Waals surface area contributed by atoms with Gasteiger partial charge in [-0.2, -0.15) is 0 Å². The molecule has 1 aliphatic rings. The Hall–Kier alpha value is -1.85. The Morgan fingerprint density at radius 3 is 2.67 bits per heavy atom. The predicted octanol–water partition coefficient (Wildman–Crippen LogP) is 3.93. The van der Waals surface area contributed by atoms with Gasteiger partial charge in [-0.05, 0) is 23.3 Å². The van der Waals surface area contributed by atoms with Gasteiger partial charge in [-0.1, -0.05) is 11.6 Å². The first-order valence-electron chi connectivity index (χ1n) is 6.40. The van der Waals surface area contributed by atoms with Crippen LogP contribution in [0.1, 0.15) is 10.4 Å². The lowest BCUT2D eigenvalue weighted by atomic mass is 10.0. The molecule has 0 N–H and O–H groups in total. The molecule has 2 aromatic heterocycles. The van der Waals surface area contributed by atoms with Crippen LogP contribution in [-0.2, 0) is 6.42 Å². The Labute approximate surface area is 130 Å². The number of benzene rings is 1. The second-order valence-electron chi connectivity index (χ2n) is 4.79. The fourth-order valence-corrected chi connectivity index (χ4v) is 4.29. The number of hydrogen-bond donors (Lipinski definition) is 0. The van der Waals surface area contributed by atoms with E-state index in [9.17, 15) is 0 Å². The molecule has 4 rings (SSSR count). The number of halogens is 1. The number of rotatable bonds is 2. The highest BCUT2D eigenvalue weighted by molar-refractivity contribution is 7.19. The van der Waals surface area contributed by atoms with Gasteiger partial charge in [0.15, 0.2) is 11.5 Å². The third-order valence-corrected chi connectivity index (χ3v) is 5.13. The lowest BCUT2D eigenvalue weighted by Gasteiger charge is -2.10. The first-order chi connectivity index (χ1) is 10.2. The predicted molar refractivity (Wildman–Crippen MR) is 83.8 cm³/mol. The van der Waals surface area contributed by atoms with Crippen LogP contribution in [0.2, 0.25) is 5.15 Å². The molecule has 21 heavy (non-hydrogen) atoms. The highest BCUT2D eigenvalue weighted by Crippen LogP contribution is 2.50. The number of methoxy groups -OCH3 is 2. The maximum Gasteiger partial charge on any atom is 0.161 e. The Morgan fingerprint density at radius 2 is 1.90 bits per heavy atom. The van der Waals surface area contributed by atoms with Crippen molar-refractivity contribution >= 4 is 33.2 Å². The van der Waals surface area contributed by atoms with Gasteiger partial charge in [0.2, 0.25) is 0 Å². The van der Waals surface area contributed by atoms with Crippen molar-refractivity contribution in [2.75, 3.05) is 14.2 Å². The average Bonchev–Trinajstić information content (AvgIpc) is 3.01. The molecule has 0 atom stereocenters. The normalized spacial score (nSPS) is 12.3. The second kappa shape index (κ2) is 4.58. The number of nitrogens with zero attached hydrogens (tertiary/aromatic N) is 2. The maximum atomic E-state index is 6.28. The highest BCUT2D eigenvalue weighted by Gasteiger charge is 2.27. The van der Waals surface area contributed by atoms with Crippen molar-refractivity contribution < 1.29 is 9.47 Å². The lowest BCUT2D eigenvalue weighted by molar-refractivity contribution is 0.355. The van der Waals surface area contributed by atoms with Crippen LogP contribution in [0.4, 0.5) is 0 Å². The lowest BCUT2D eigenvalue weighted by Crippen LogP contribution is -1.93. The van der Waals surface area contributed by atoms with E-state index in [1.165, 1.54) is 16.8 Å². The number of ether oxygens (including phenoxy) is 2. The van der Waals surface area contributed by atoms with E-state index in [1.54, 1.807) is 25.6 Å². The minimum Gasteiger partial charge on any atom is -0.493 e. The summed E-state index contributed by atoms with van der Waals surface area (Å²) in [4.78, 5) is 10.6. The van der Waals surface area contributed by atoms with Crippen LogP contribution < -0.4 is 9.47 Å². The van der Waals surface area contributed by atoms with Crippen LogP contribution in [0.15, 0.2) is 18.5 Å². The number of hydrogen-bond acceptors (Lipinski definition) is 5. The zero-order chi connectivity index (χ0) is 14.6.